The number of nitrogens with zero attached hydrogens (tertiary/aromatic N) is 1. The maximum Gasteiger partial charge on any atom is 0.187 e. The summed E-state index contributed by atoms with van der Waals surface area (Å²) in [5.41, 5.74) is 6.34. The number of rotatable bonds is 3. The van der Waals surface area contributed by atoms with E-state index >= 15 is 0 Å². The molecule has 0 spiro atoms. The van der Waals surface area contributed by atoms with Crippen molar-refractivity contribution < 1.29 is 0 Å². The van der Waals surface area contributed by atoms with Crippen LogP contribution in [0.4, 0.5) is 10.8 Å². The Bertz CT molecular complexity index is 804. The molecule has 0 radical (unpaired) electrons. The van der Waals surface area contributed by atoms with Gasteiger partial charge in [-0.1, -0.05) is 49.4 Å². The maximum atomic E-state index is 4.81. The quantitative estimate of drug-likeness (QED) is 0.573. The number of aryl methyl sites for hydroxylation is 1. The SMILES string of the molecule is CCc1ccccc1Nc1nc2c(s1)Cc1ccccc1-2. The lowest BCUT2D eigenvalue weighted by Crippen LogP contribution is -1.94. The average molecular weight is 292 g/mol. The largest absolute Gasteiger partial charge is 0.331 e. The van der Waals surface area contributed by atoms with Crippen molar-refractivity contribution in [3.8, 4) is 11.3 Å². The van der Waals surface area contributed by atoms with E-state index in [0.717, 1.165) is 23.7 Å². The van der Waals surface area contributed by atoms with Crippen molar-refractivity contribution in [2.45, 2.75) is 19.8 Å². The Hall–Kier alpha value is -2.13. The molecule has 0 bridgehead atoms. The van der Waals surface area contributed by atoms with Crippen molar-refractivity contribution in [2.75, 3.05) is 5.32 Å². The average Bonchev–Trinajstić information content (AvgIpc) is 3.05. The normalized spacial score (nSPS) is 12.0. The third kappa shape index (κ3) is 2.14. The zero-order chi connectivity index (χ0) is 14.2. The Kier molecular flexibility index (Phi) is 3.00. The maximum absolute atomic E-state index is 4.81. The third-order valence-electron chi connectivity index (χ3n) is 3.96. The van der Waals surface area contributed by atoms with Crippen LogP contribution in [0.3, 0.4) is 0 Å². The number of benzene rings is 2. The number of fused-ring (bicyclic) bond motifs is 3. The van der Waals surface area contributed by atoms with Crippen molar-refractivity contribution in [1.29, 1.82) is 0 Å². The molecule has 0 saturated heterocycles. The predicted octanol–water partition coefficient (Wildman–Crippen LogP) is 5.02. The number of hydrogen-bond acceptors (Lipinski definition) is 3. The molecule has 0 saturated carbocycles. The second kappa shape index (κ2) is 5.01. The first-order chi connectivity index (χ1) is 10.3. The van der Waals surface area contributed by atoms with Gasteiger partial charge in [0.05, 0.1) is 5.69 Å². The molecular weight excluding hydrogens is 276 g/mol. The van der Waals surface area contributed by atoms with Crippen molar-refractivity contribution in [3.05, 3.63) is 64.5 Å². The van der Waals surface area contributed by atoms with Crippen LogP contribution in [0.1, 0.15) is 22.9 Å². The summed E-state index contributed by atoms with van der Waals surface area (Å²) in [6, 6.07) is 17.0. The van der Waals surface area contributed by atoms with E-state index in [0.29, 0.717) is 0 Å². The molecule has 0 fully saturated rings. The summed E-state index contributed by atoms with van der Waals surface area (Å²) in [5, 5.41) is 4.49. The molecule has 21 heavy (non-hydrogen) atoms. The fraction of sp³-hybridized carbons (Fsp3) is 0.167. The van der Waals surface area contributed by atoms with Gasteiger partial charge in [0.15, 0.2) is 5.13 Å². The topological polar surface area (TPSA) is 24.9 Å². The van der Waals surface area contributed by atoms with E-state index in [4.69, 9.17) is 4.98 Å². The lowest BCUT2D eigenvalue weighted by atomic mass is 10.1. The minimum Gasteiger partial charge on any atom is -0.331 e. The molecule has 1 aromatic heterocycles. The highest BCUT2D eigenvalue weighted by Gasteiger charge is 2.22. The second-order valence-electron chi connectivity index (χ2n) is 5.26. The third-order valence-corrected chi connectivity index (χ3v) is 4.93. The van der Waals surface area contributed by atoms with Gasteiger partial charge >= 0.3 is 0 Å². The van der Waals surface area contributed by atoms with Crippen LogP contribution >= 0.6 is 11.3 Å². The van der Waals surface area contributed by atoms with Crippen molar-refractivity contribution in [1.82, 2.24) is 4.98 Å². The Morgan fingerprint density at radius 1 is 1.10 bits per heavy atom. The van der Waals surface area contributed by atoms with Gasteiger partial charge in [0.2, 0.25) is 0 Å². The summed E-state index contributed by atoms with van der Waals surface area (Å²) in [7, 11) is 0. The molecule has 0 atom stereocenters. The fourth-order valence-corrected chi connectivity index (χ4v) is 3.89. The lowest BCUT2D eigenvalue weighted by Gasteiger charge is -2.08. The molecule has 2 aromatic carbocycles. The first kappa shape index (κ1) is 12.6. The van der Waals surface area contributed by atoms with Crippen LogP contribution < -0.4 is 5.32 Å². The molecule has 3 heteroatoms. The summed E-state index contributed by atoms with van der Waals surface area (Å²) in [5.74, 6) is 0. The molecule has 1 aliphatic rings. The van der Waals surface area contributed by atoms with Crippen LogP contribution in [0.25, 0.3) is 11.3 Å². The van der Waals surface area contributed by atoms with Gasteiger partial charge in [-0.3, -0.25) is 0 Å². The molecular formula is C18H16N2S. The summed E-state index contributed by atoms with van der Waals surface area (Å²) in [6.07, 6.45) is 2.04. The first-order valence-electron chi connectivity index (χ1n) is 7.28. The van der Waals surface area contributed by atoms with E-state index < -0.39 is 0 Å². The molecule has 4 rings (SSSR count). The zero-order valence-corrected chi connectivity index (χ0v) is 12.7. The van der Waals surface area contributed by atoms with Gasteiger partial charge in [0.25, 0.3) is 0 Å². The molecule has 0 unspecified atom stereocenters. The summed E-state index contributed by atoms with van der Waals surface area (Å²) in [4.78, 5) is 6.18. The number of thiazole rings is 1. The van der Waals surface area contributed by atoms with Gasteiger partial charge in [-0.2, -0.15) is 0 Å². The zero-order valence-electron chi connectivity index (χ0n) is 11.9. The van der Waals surface area contributed by atoms with E-state index in [-0.39, 0.29) is 0 Å². The standard InChI is InChI=1S/C18H16N2S/c1-2-12-7-4-6-10-15(12)19-18-20-17-14-9-5-3-8-13(14)11-16(17)21-18/h3-10H,2,11H2,1H3,(H,19,20). The van der Waals surface area contributed by atoms with Crippen molar-refractivity contribution >= 4 is 22.2 Å². The van der Waals surface area contributed by atoms with Gasteiger partial charge in [0, 0.05) is 22.5 Å². The van der Waals surface area contributed by atoms with E-state index in [2.05, 4.69) is 60.8 Å². The Balaban J connectivity index is 1.68. The van der Waals surface area contributed by atoms with E-state index in [9.17, 15) is 0 Å². The van der Waals surface area contributed by atoms with E-state index in [1.807, 2.05) is 0 Å². The number of hydrogen-bond donors (Lipinski definition) is 1. The second-order valence-corrected chi connectivity index (χ2v) is 6.34. The highest BCUT2D eigenvalue weighted by Crippen LogP contribution is 2.41. The van der Waals surface area contributed by atoms with Gasteiger partial charge < -0.3 is 5.32 Å². The number of anilines is 2. The highest BCUT2D eigenvalue weighted by molar-refractivity contribution is 7.16. The predicted molar refractivity (Wildman–Crippen MR) is 89.5 cm³/mol. The van der Waals surface area contributed by atoms with Crippen LogP contribution in [0.2, 0.25) is 0 Å². The van der Waals surface area contributed by atoms with E-state index in [1.165, 1.54) is 27.3 Å². The molecule has 104 valence electrons. The monoisotopic (exact) mass is 292 g/mol. The van der Waals surface area contributed by atoms with Crippen LogP contribution in [0.5, 0.6) is 0 Å². The number of para-hydroxylation sites is 1. The molecule has 3 aromatic rings. The molecule has 1 N–H and O–H groups in total. The number of aromatic nitrogens is 1. The summed E-state index contributed by atoms with van der Waals surface area (Å²) >= 11 is 1.77. The Morgan fingerprint density at radius 2 is 1.90 bits per heavy atom. The summed E-state index contributed by atoms with van der Waals surface area (Å²) in [6.45, 7) is 2.18. The highest BCUT2D eigenvalue weighted by atomic mass is 32.1. The number of nitrogens with one attached hydrogen (secondary N) is 1. The fourth-order valence-electron chi connectivity index (χ4n) is 2.88. The lowest BCUT2D eigenvalue weighted by molar-refractivity contribution is 1.14. The van der Waals surface area contributed by atoms with Gasteiger partial charge in [-0.05, 0) is 23.6 Å². The van der Waals surface area contributed by atoms with Gasteiger partial charge in [0.1, 0.15) is 0 Å². The van der Waals surface area contributed by atoms with Gasteiger partial charge in [-0.15, -0.1) is 11.3 Å². The Labute approximate surface area is 128 Å². The van der Waals surface area contributed by atoms with Crippen LogP contribution in [0, 0.1) is 0 Å². The molecule has 0 amide bonds. The van der Waals surface area contributed by atoms with Crippen LogP contribution in [-0.2, 0) is 12.8 Å². The van der Waals surface area contributed by atoms with E-state index in [1.54, 1.807) is 11.3 Å². The van der Waals surface area contributed by atoms with Crippen LogP contribution in [0.15, 0.2) is 48.5 Å². The minimum absolute atomic E-state index is 0.996. The molecule has 2 nitrogen and oxygen atoms in total. The van der Waals surface area contributed by atoms with Crippen molar-refractivity contribution in [3.63, 3.8) is 0 Å². The first-order valence-corrected chi connectivity index (χ1v) is 8.09. The Morgan fingerprint density at radius 3 is 2.81 bits per heavy atom. The van der Waals surface area contributed by atoms with Crippen molar-refractivity contribution in [2.24, 2.45) is 0 Å². The van der Waals surface area contributed by atoms with Gasteiger partial charge in [-0.25, -0.2) is 4.98 Å². The van der Waals surface area contributed by atoms with Crippen LogP contribution in [-0.4, -0.2) is 4.98 Å². The molecule has 1 heterocycles. The smallest absolute Gasteiger partial charge is 0.187 e. The summed E-state index contributed by atoms with van der Waals surface area (Å²) < 4.78 is 0. The minimum atomic E-state index is 0.996. The molecule has 1 aliphatic carbocycles. The molecule has 0 aliphatic heterocycles.